The first-order valence-electron chi connectivity index (χ1n) is 17.1. The predicted octanol–water partition coefficient (Wildman–Crippen LogP) is 9.66. The van der Waals surface area contributed by atoms with Crippen LogP contribution in [0.5, 0.6) is 0 Å². The first-order valence-corrected chi connectivity index (χ1v) is 17.1. The van der Waals surface area contributed by atoms with Gasteiger partial charge in [0, 0.05) is 32.7 Å². The predicted molar refractivity (Wildman–Crippen MR) is 200 cm³/mol. The fourth-order valence-corrected chi connectivity index (χ4v) is 9.24. The van der Waals surface area contributed by atoms with Gasteiger partial charge in [0.05, 0.1) is 35.3 Å². The van der Waals surface area contributed by atoms with Gasteiger partial charge in [-0.2, -0.15) is 0 Å². The molecule has 244 valence electrons. The zero-order valence-electron chi connectivity index (χ0n) is 27.4. The highest BCUT2D eigenvalue weighted by atomic mass is 16.4. The fourth-order valence-electron chi connectivity index (χ4n) is 9.24. The second kappa shape index (κ2) is 10.6. The number of fused-ring (bicyclic) bond motifs is 10. The van der Waals surface area contributed by atoms with E-state index in [1.807, 2.05) is 84.9 Å². The Morgan fingerprint density at radius 2 is 0.784 bits per heavy atom. The van der Waals surface area contributed by atoms with Gasteiger partial charge in [0.1, 0.15) is 0 Å². The third kappa shape index (κ3) is 4.23. The maximum Gasteiger partial charge on any atom is 0.304 e. The standard InChI is InChI=1S/C45H30N2O4/c48-40(49)23-44(34-19-28-11-3-1-9-26(28)17-32(34)42-36(44)21-30-13-5-7-15-38(30)46-42)25-45(24-41(50)51)35-20-29-12-4-2-10-27(29)18-33(35)43-37(45)22-31-14-6-8-16-39(31)47-43/h1-22H,23-25H2,(H,48,49)(H,50,51). The van der Waals surface area contributed by atoms with Crippen LogP contribution in [0, 0.1) is 0 Å². The number of pyridine rings is 2. The smallest absolute Gasteiger partial charge is 0.304 e. The van der Waals surface area contributed by atoms with E-state index in [9.17, 15) is 19.8 Å². The van der Waals surface area contributed by atoms with Gasteiger partial charge in [0.15, 0.2) is 0 Å². The van der Waals surface area contributed by atoms with Crippen molar-refractivity contribution in [2.24, 2.45) is 0 Å². The minimum Gasteiger partial charge on any atom is -0.481 e. The summed E-state index contributed by atoms with van der Waals surface area (Å²) in [4.78, 5) is 37.0. The number of aliphatic carboxylic acids is 2. The summed E-state index contributed by atoms with van der Waals surface area (Å²) in [6.45, 7) is 0. The summed E-state index contributed by atoms with van der Waals surface area (Å²) in [6, 6.07) is 44.6. The lowest BCUT2D eigenvalue weighted by Crippen LogP contribution is -2.40. The van der Waals surface area contributed by atoms with Crippen LogP contribution in [0.15, 0.2) is 133 Å². The van der Waals surface area contributed by atoms with E-state index in [2.05, 4.69) is 48.5 Å². The molecule has 2 heterocycles. The Hall–Kier alpha value is -6.40. The Bertz CT molecular complexity index is 2460. The molecule has 2 N–H and O–H groups in total. The topological polar surface area (TPSA) is 100 Å². The van der Waals surface area contributed by atoms with Crippen molar-refractivity contribution in [2.45, 2.75) is 30.1 Å². The molecule has 2 unspecified atom stereocenters. The van der Waals surface area contributed by atoms with Crippen LogP contribution in [-0.4, -0.2) is 32.1 Å². The zero-order chi connectivity index (χ0) is 34.5. The van der Waals surface area contributed by atoms with Crippen molar-refractivity contribution in [3.63, 3.8) is 0 Å². The summed E-state index contributed by atoms with van der Waals surface area (Å²) in [5, 5.41) is 27.6. The molecule has 51 heavy (non-hydrogen) atoms. The molecule has 0 radical (unpaired) electrons. The molecule has 0 bridgehead atoms. The third-order valence-electron chi connectivity index (χ3n) is 11.3. The monoisotopic (exact) mass is 662 g/mol. The van der Waals surface area contributed by atoms with Crippen molar-refractivity contribution in [3.8, 4) is 22.5 Å². The normalized spacial score (nSPS) is 18.5. The minimum absolute atomic E-state index is 0.190. The molecule has 2 aliphatic carbocycles. The van der Waals surface area contributed by atoms with Crippen LogP contribution >= 0.6 is 0 Å². The van der Waals surface area contributed by atoms with E-state index in [0.717, 1.165) is 88.1 Å². The Balaban J connectivity index is 1.35. The summed E-state index contributed by atoms with van der Waals surface area (Å²) < 4.78 is 0. The number of aromatic nitrogens is 2. The van der Waals surface area contributed by atoms with Gasteiger partial charge in [0.2, 0.25) is 0 Å². The van der Waals surface area contributed by atoms with Crippen molar-refractivity contribution >= 4 is 55.3 Å². The molecule has 0 amide bonds. The molecular formula is C45H30N2O4. The quantitative estimate of drug-likeness (QED) is 0.184. The van der Waals surface area contributed by atoms with Gasteiger partial charge in [-0.3, -0.25) is 9.59 Å². The molecule has 2 aliphatic rings. The van der Waals surface area contributed by atoms with Crippen molar-refractivity contribution < 1.29 is 19.8 Å². The number of para-hydroxylation sites is 2. The Morgan fingerprint density at radius 3 is 1.18 bits per heavy atom. The van der Waals surface area contributed by atoms with Crippen LogP contribution in [0.25, 0.3) is 65.9 Å². The first kappa shape index (κ1) is 29.5. The summed E-state index contributed by atoms with van der Waals surface area (Å²) in [5.41, 5.74) is 5.96. The summed E-state index contributed by atoms with van der Waals surface area (Å²) in [5.74, 6) is -1.93. The van der Waals surface area contributed by atoms with Crippen molar-refractivity contribution in [2.75, 3.05) is 0 Å². The van der Waals surface area contributed by atoms with Gasteiger partial charge in [-0.25, -0.2) is 9.97 Å². The molecule has 6 aromatic carbocycles. The number of carboxylic acids is 2. The van der Waals surface area contributed by atoms with Crippen LogP contribution in [0.4, 0.5) is 0 Å². The van der Waals surface area contributed by atoms with E-state index in [0.29, 0.717) is 0 Å². The number of carbonyl (C=O) groups is 2. The van der Waals surface area contributed by atoms with E-state index in [4.69, 9.17) is 9.97 Å². The fraction of sp³-hybridized carbons (Fsp3) is 0.111. The van der Waals surface area contributed by atoms with Crippen LogP contribution in [-0.2, 0) is 20.4 Å². The average molecular weight is 663 g/mol. The molecule has 0 saturated carbocycles. The third-order valence-corrected chi connectivity index (χ3v) is 11.3. The second-order valence-corrected chi connectivity index (χ2v) is 14.1. The number of hydrogen-bond donors (Lipinski definition) is 2. The maximum absolute atomic E-state index is 13.3. The molecule has 6 nitrogen and oxygen atoms in total. The zero-order valence-corrected chi connectivity index (χ0v) is 27.4. The highest BCUT2D eigenvalue weighted by molar-refractivity contribution is 5.99. The number of hydrogen-bond acceptors (Lipinski definition) is 4. The van der Waals surface area contributed by atoms with Crippen molar-refractivity contribution in [1.82, 2.24) is 9.97 Å². The lowest BCUT2D eigenvalue weighted by atomic mass is 9.60. The van der Waals surface area contributed by atoms with E-state index < -0.39 is 22.8 Å². The molecule has 8 aromatic rings. The number of benzene rings is 6. The molecule has 6 heteroatoms. The van der Waals surface area contributed by atoms with Crippen LogP contribution in [0.3, 0.4) is 0 Å². The average Bonchev–Trinajstić information content (AvgIpc) is 3.51. The molecule has 10 rings (SSSR count). The van der Waals surface area contributed by atoms with E-state index >= 15 is 0 Å². The van der Waals surface area contributed by atoms with Gasteiger partial charge in [-0.05, 0) is 98.8 Å². The van der Waals surface area contributed by atoms with Crippen LogP contribution in [0.1, 0.15) is 41.5 Å². The molecule has 0 aliphatic heterocycles. The van der Waals surface area contributed by atoms with Crippen molar-refractivity contribution in [1.29, 1.82) is 0 Å². The molecular weight excluding hydrogens is 633 g/mol. The number of nitrogens with zero attached hydrogens (tertiary/aromatic N) is 2. The Morgan fingerprint density at radius 1 is 0.451 bits per heavy atom. The van der Waals surface area contributed by atoms with Gasteiger partial charge in [0.25, 0.3) is 0 Å². The summed E-state index contributed by atoms with van der Waals surface area (Å²) in [7, 11) is 0. The van der Waals surface area contributed by atoms with Gasteiger partial charge >= 0.3 is 11.9 Å². The molecule has 0 saturated heterocycles. The van der Waals surface area contributed by atoms with E-state index in [-0.39, 0.29) is 19.3 Å². The summed E-state index contributed by atoms with van der Waals surface area (Å²) >= 11 is 0. The number of carboxylic acid groups (broad SMARTS) is 2. The molecule has 2 atom stereocenters. The highest BCUT2D eigenvalue weighted by Crippen LogP contribution is 2.62. The Kier molecular flexibility index (Phi) is 6.10. The molecule has 2 aromatic heterocycles. The van der Waals surface area contributed by atoms with Crippen LogP contribution in [0.2, 0.25) is 0 Å². The first-order chi connectivity index (χ1) is 24.8. The molecule has 0 spiro atoms. The summed E-state index contributed by atoms with van der Waals surface area (Å²) in [6.07, 6.45) is -0.298. The van der Waals surface area contributed by atoms with Gasteiger partial charge in [-0.1, -0.05) is 84.9 Å². The second-order valence-electron chi connectivity index (χ2n) is 14.1. The lowest BCUT2D eigenvalue weighted by molar-refractivity contribution is -0.138. The van der Waals surface area contributed by atoms with E-state index in [1.165, 1.54) is 0 Å². The molecule has 0 fully saturated rings. The Labute approximate surface area is 292 Å². The van der Waals surface area contributed by atoms with Crippen molar-refractivity contribution in [3.05, 3.63) is 156 Å². The van der Waals surface area contributed by atoms with Gasteiger partial charge in [-0.15, -0.1) is 0 Å². The van der Waals surface area contributed by atoms with E-state index in [1.54, 1.807) is 0 Å². The SMILES string of the molecule is O=C(O)CC1(CC2(CC(=O)O)c3cc4ccccc4cc3-c3nc4ccccc4cc32)c2cc3ccccc3cc2-c2nc3ccccc3cc21. The highest BCUT2D eigenvalue weighted by Gasteiger charge is 2.56. The maximum atomic E-state index is 13.3. The lowest BCUT2D eigenvalue weighted by Gasteiger charge is -2.41. The number of rotatable bonds is 6. The van der Waals surface area contributed by atoms with Crippen LogP contribution < -0.4 is 0 Å². The minimum atomic E-state index is -1.14. The largest absolute Gasteiger partial charge is 0.481 e. The van der Waals surface area contributed by atoms with Gasteiger partial charge < -0.3 is 10.2 Å².